The maximum absolute atomic E-state index is 13.3. The minimum absolute atomic E-state index is 0.0131. The monoisotopic (exact) mass is 422 g/mol. The van der Waals surface area contributed by atoms with E-state index in [1.807, 2.05) is 0 Å². The Morgan fingerprint density at radius 1 is 1.29 bits per heavy atom. The Morgan fingerprint density at radius 3 is 2.50 bits per heavy atom. The lowest BCUT2D eigenvalue weighted by molar-refractivity contribution is 0.0648. The molecule has 1 aliphatic heterocycles. The van der Waals surface area contributed by atoms with Gasteiger partial charge < -0.3 is 15.1 Å². The van der Waals surface area contributed by atoms with Crippen molar-refractivity contribution in [2.75, 3.05) is 17.2 Å². The van der Waals surface area contributed by atoms with Crippen LogP contribution in [-0.2, 0) is 11.0 Å². The molecule has 0 fully saturated rings. The molecule has 0 radical (unpaired) electrons. The average Bonchev–Trinajstić information content (AvgIpc) is 2.92. The van der Waals surface area contributed by atoms with Gasteiger partial charge in [-0.25, -0.2) is 9.37 Å². The Kier molecular flexibility index (Phi) is 5.98. The first-order chi connectivity index (χ1) is 13.1. The number of halogens is 2. The summed E-state index contributed by atoms with van der Waals surface area (Å²) in [6.45, 7) is 12.2. The molecule has 0 amide bonds. The maximum Gasteiger partial charge on any atom is 0.223 e. The van der Waals surface area contributed by atoms with Gasteiger partial charge in [-0.1, -0.05) is 44.5 Å². The molecule has 1 aromatic carbocycles. The summed E-state index contributed by atoms with van der Waals surface area (Å²) >= 11 is 6.54. The zero-order valence-corrected chi connectivity index (χ0v) is 18.9. The van der Waals surface area contributed by atoms with Gasteiger partial charge in [0, 0.05) is 24.6 Å². The number of nitrogen functional groups attached to an aromatic ring is 1. The van der Waals surface area contributed by atoms with E-state index < -0.39 is 9.04 Å². The SMILES string of the molecule is C[SiH](C)OC(C1CN(Cc2ccc(F)cc2)c2nc(N)nc(Cl)c21)C(C)(C)C. The molecular formula is C20H28ClFN4OSi. The Hall–Kier alpha value is -1.70. The molecule has 1 aliphatic rings. The van der Waals surface area contributed by atoms with Crippen LogP contribution in [0.3, 0.4) is 0 Å². The largest absolute Gasteiger partial charge is 0.416 e. The minimum Gasteiger partial charge on any atom is -0.416 e. The predicted octanol–water partition coefficient (Wildman–Crippen LogP) is 4.37. The van der Waals surface area contributed by atoms with Crippen molar-refractivity contribution >= 4 is 32.4 Å². The van der Waals surface area contributed by atoms with Crippen molar-refractivity contribution in [3.63, 3.8) is 0 Å². The van der Waals surface area contributed by atoms with Crippen LogP contribution in [0.25, 0.3) is 0 Å². The van der Waals surface area contributed by atoms with Gasteiger partial charge in [0.15, 0.2) is 9.04 Å². The number of benzene rings is 1. The third-order valence-corrected chi connectivity index (χ3v) is 6.03. The van der Waals surface area contributed by atoms with Crippen LogP contribution in [0.5, 0.6) is 0 Å². The van der Waals surface area contributed by atoms with E-state index in [9.17, 15) is 4.39 Å². The van der Waals surface area contributed by atoms with Crippen LogP contribution in [0.2, 0.25) is 18.2 Å². The lowest BCUT2D eigenvalue weighted by Crippen LogP contribution is -2.40. The summed E-state index contributed by atoms with van der Waals surface area (Å²) in [6, 6.07) is 6.51. The van der Waals surface area contributed by atoms with Gasteiger partial charge in [0.25, 0.3) is 0 Å². The second kappa shape index (κ2) is 7.97. The Bertz CT molecular complexity index is 841. The van der Waals surface area contributed by atoms with Crippen LogP contribution in [0.4, 0.5) is 16.2 Å². The third kappa shape index (κ3) is 4.47. The summed E-state index contributed by atoms with van der Waals surface area (Å²) in [6.07, 6.45) is -0.0131. The molecule has 2 N–H and O–H groups in total. The zero-order chi connectivity index (χ0) is 20.6. The second-order valence-electron chi connectivity index (χ2n) is 8.69. The van der Waals surface area contributed by atoms with Gasteiger partial charge >= 0.3 is 0 Å². The van der Waals surface area contributed by atoms with Gasteiger partial charge in [-0.05, 0) is 36.2 Å². The molecule has 2 atom stereocenters. The number of anilines is 2. The number of fused-ring (bicyclic) bond motifs is 1. The van der Waals surface area contributed by atoms with Crippen LogP contribution in [0.1, 0.15) is 37.8 Å². The van der Waals surface area contributed by atoms with E-state index in [0.717, 1.165) is 16.9 Å². The fourth-order valence-corrected chi connectivity index (χ4v) is 5.31. The summed E-state index contributed by atoms with van der Waals surface area (Å²) in [5.41, 5.74) is 7.70. The van der Waals surface area contributed by atoms with E-state index in [4.69, 9.17) is 21.8 Å². The van der Waals surface area contributed by atoms with E-state index in [1.165, 1.54) is 12.1 Å². The molecule has 8 heteroatoms. The van der Waals surface area contributed by atoms with Crippen molar-refractivity contribution in [3.05, 3.63) is 46.4 Å². The molecule has 0 spiro atoms. The molecule has 1 aromatic heterocycles. The topological polar surface area (TPSA) is 64.3 Å². The zero-order valence-electron chi connectivity index (χ0n) is 17.0. The number of nitrogens with zero attached hydrogens (tertiary/aromatic N) is 3. The lowest BCUT2D eigenvalue weighted by atomic mass is 9.79. The van der Waals surface area contributed by atoms with Crippen molar-refractivity contribution in [1.82, 2.24) is 9.97 Å². The Morgan fingerprint density at radius 2 is 1.93 bits per heavy atom. The highest BCUT2D eigenvalue weighted by Gasteiger charge is 2.43. The van der Waals surface area contributed by atoms with Crippen molar-refractivity contribution in [1.29, 1.82) is 0 Å². The van der Waals surface area contributed by atoms with Gasteiger partial charge in [-0.15, -0.1) is 0 Å². The average molecular weight is 423 g/mol. The van der Waals surface area contributed by atoms with E-state index >= 15 is 0 Å². The molecule has 2 unspecified atom stereocenters. The molecule has 2 heterocycles. The molecule has 152 valence electrons. The molecule has 5 nitrogen and oxygen atoms in total. The number of hydrogen-bond donors (Lipinski definition) is 1. The van der Waals surface area contributed by atoms with Crippen LogP contribution in [-0.4, -0.2) is 31.7 Å². The quantitative estimate of drug-likeness (QED) is 0.572. The first-order valence-corrected chi connectivity index (χ1v) is 12.7. The summed E-state index contributed by atoms with van der Waals surface area (Å²) in [7, 11) is -1.29. The predicted molar refractivity (Wildman–Crippen MR) is 115 cm³/mol. The second-order valence-corrected chi connectivity index (χ2v) is 11.4. The highest BCUT2D eigenvalue weighted by atomic mass is 35.5. The van der Waals surface area contributed by atoms with E-state index in [2.05, 4.69) is 48.7 Å². The van der Waals surface area contributed by atoms with Crippen LogP contribution < -0.4 is 10.6 Å². The molecule has 3 rings (SSSR count). The standard InChI is InChI=1S/C20H28ClFN4OSi/c1-20(2,3)16(27-28(4)5)14-11-26(10-12-6-8-13(22)9-7-12)18-15(14)17(21)24-19(23)25-18/h6-9,14,16,28H,10-11H2,1-5H3,(H2,23,24,25). The summed E-state index contributed by atoms with van der Waals surface area (Å²) in [5.74, 6) is 0.690. The third-order valence-electron chi connectivity index (χ3n) is 4.91. The Labute approximate surface area is 172 Å². The van der Waals surface area contributed by atoms with Crippen molar-refractivity contribution in [3.8, 4) is 0 Å². The number of aromatic nitrogens is 2. The van der Waals surface area contributed by atoms with Gasteiger partial charge in [-0.2, -0.15) is 4.98 Å². The van der Waals surface area contributed by atoms with E-state index in [0.29, 0.717) is 18.2 Å². The molecule has 0 bridgehead atoms. The normalized spacial score (nSPS) is 17.9. The molecule has 0 saturated heterocycles. The fraction of sp³-hybridized carbons (Fsp3) is 0.500. The minimum atomic E-state index is -1.29. The lowest BCUT2D eigenvalue weighted by Gasteiger charge is -2.37. The number of rotatable bonds is 5. The van der Waals surface area contributed by atoms with Crippen molar-refractivity contribution in [2.24, 2.45) is 5.41 Å². The molecule has 0 saturated carbocycles. The smallest absolute Gasteiger partial charge is 0.223 e. The maximum atomic E-state index is 13.3. The summed E-state index contributed by atoms with van der Waals surface area (Å²) in [5, 5.41) is 0.386. The fourth-order valence-electron chi connectivity index (χ4n) is 3.81. The van der Waals surface area contributed by atoms with Crippen molar-refractivity contribution < 1.29 is 8.82 Å². The van der Waals surface area contributed by atoms with Crippen LogP contribution in [0.15, 0.2) is 24.3 Å². The highest BCUT2D eigenvalue weighted by Crippen LogP contribution is 2.46. The summed E-state index contributed by atoms with van der Waals surface area (Å²) in [4.78, 5) is 10.8. The first-order valence-electron chi connectivity index (χ1n) is 9.54. The van der Waals surface area contributed by atoms with Crippen molar-refractivity contribution in [2.45, 2.75) is 52.4 Å². The molecule has 28 heavy (non-hydrogen) atoms. The highest BCUT2D eigenvalue weighted by molar-refractivity contribution is 6.48. The van der Waals surface area contributed by atoms with Crippen LogP contribution >= 0.6 is 11.6 Å². The van der Waals surface area contributed by atoms with Gasteiger partial charge in [0.05, 0.1) is 6.10 Å². The first kappa shape index (κ1) is 21.0. The molecular weight excluding hydrogens is 395 g/mol. The molecule has 2 aromatic rings. The van der Waals surface area contributed by atoms with Gasteiger partial charge in [-0.3, -0.25) is 0 Å². The van der Waals surface area contributed by atoms with Gasteiger partial charge in [0.2, 0.25) is 5.95 Å². The van der Waals surface area contributed by atoms with E-state index in [1.54, 1.807) is 12.1 Å². The molecule has 0 aliphatic carbocycles. The van der Waals surface area contributed by atoms with Crippen LogP contribution in [0, 0.1) is 11.2 Å². The number of hydrogen-bond acceptors (Lipinski definition) is 5. The van der Waals surface area contributed by atoms with Gasteiger partial charge in [0.1, 0.15) is 16.8 Å². The van der Waals surface area contributed by atoms with E-state index in [-0.39, 0.29) is 29.2 Å². The Balaban J connectivity index is 2.01. The number of nitrogens with two attached hydrogens (primary N) is 1. The summed E-state index contributed by atoms with van der Waals surface area (Å²) < 4.78 is 19.8.